The summed E-state index contributed by atoms with van der Waals surface area (Å²) in [6.45, 7) is 3.24. The molecule has 0 atom stereocenters. The Morgan fingerprint density at radius 3 is 2.21 bits per heavy atom. The maximum absolute atomic E-state index is 12.8. The number of rotatable bonds is 9. The fourth-order valence-electron chi connectivity index (χ4n) is 2.97. The second kappa shape index (κ2) is 12.3. The number of thiocarbonyl (C=S) groups is 1. The molecule has 0 aromatic heterocycles. The summed E-state index contributed by atoms with van der Waals surface area (Å²) in [5.41, 5.74) is 1.87. The number of benzene rings is 3. The molecule has 3 aromatic rings. The number of hydrogen-bond donors (Lipinski definition) is 3. The Hall–Kier alpha value is -3.75. The van der Waals surface area contributed by atoms with E-state index in [0.29, 0.717) is 48.1 Å². The summed E-state index contributed by atoms with van der Waals surface area (Å²) in [7, 11) is 0. The predicted molar refractivity (Wildman–Crippen MR) is 133 cm³/mol. The third-order valence-electron chi connectivity index (χ3n) is 4.50. The molecule has 7 nitrogen and oxygen atoms in total. The number of para-hydroxylation sites is 3. The molecule has 0 radical (unpaired) electrons. The zero-order valence-electron chi connectivity index (χ0n) is 18.2. The molecule has 0 saturated heterocycles. The fourth-order valence-corrected chi connectivity index (χ4v) is 3.17. The van der Waals surface area contributed by atoms with E-state index in [4.69, 9.17) is 21.7 Å². The summed E-state index contributed by atoms with van der Waals surface area (Å²) in [6, 6.07) is 22.9. The van der Waals surface area contributed by atoms with Crippen LogP contribution in [0.2, 0.25) is 0 Å². The molecule has 0 unspecified atom stereocenters. The van der Waals surface area contributed by atoms with Crippen LogP contribution in [0.25, 0.3) is 0 Å². The first kappa shape index (κ1) is 23.9. The van der Waals surface area contributed by atoms with Gasteiger partial charge in [0.25, 0.3) is 11.8 Å². The lowest BCUT2D eigenvalue weighted by Crippen LogP contribution is -2.35. The Morgan fingerprint density at radius 1 is 0.788 bits per heavy atom. The van der Waals surface area contributed by atoms with Crippen molar-refractivity contribution in [3.8, 4) is 5.75 Å². The van der Waals surface area contributed by atoms with Gasteiger partial charge in [-0.2, -0.15) is 0 Å². The van der Waals surface area contributed by atoms with Gasteiger partial charge in [0.15, 0.2) is 5.11 Å². The van der Waals surface area contributed by atoms with Crippen LogP contribution < -0.4 is 20.7 Å². The number of hydrogen-bond acceptors (Lipinski definition) is 5. The molecular weight excluding hydrogens is 438 g/mol. The molecule has 0 spiro atoms. The summed E-state index contributed by atoms with van der Waals surface area (Å²) >= 11 is 5.32. The Morgan fingerprint density at radius 2 is 1.45 bits per heavy atom. The van der Waals surface area contributed by atoms with Crippen LogP contribution in [-0.2, 0) is 4.74 Å². The number of ether oxygens (including phenoxy) is 2. The van der Waals surface area contributed by atoms with Crippen molar-refractivity contribution in [3.05, 3.63) is 90.0 Å². The highest BCUT2D eigenvalue weighted by molar-refractivity contribution is 7.80. The maximum atomic E-state index is 12.8. The molecule has 0 aliphatic heterocycles. The lowest BCUT2D eigenvalue weighted by Gasteiger charge is -2.15. The third-order valence-corrected chi connectivity index (χ3v) is 4.70. The van der Waals surface area contributed by atoms with E-state index < -0.39 is 5.91 Å². The first-order valence-corrected chi connectivity index (χ1v) is 10.9. The largest absolute Gasteiger partial charge is 0.490 e. The highest BCUT2D eigenvalue weighted by Gasteiger charge is 2.16. The van der Waals surface area contributed by atoms with E-state index in [1.807, 2.05) is 25.1 Å². The molecule has 3 N–H and O–H groups in total. The SMILES string of the molecule is CCOCCOc1ccccc1C(=O)NC(=S)Nc1ccccc1C(=O)Nc1ccccc1. The van der Waals surface area contributed by atoms with Crippen LogP contribution in [0.4, 0.5) is 11.4 Å². The molecule has 3 rings (SSSR count). The molecule has 8 heteroatoms. The summed E-state index contributed by atoms with van der Waals surface area (Å²) in [4.78, 5) is 25.5. The maximum Gasteiger partial charge on any atom is 0.261 e. The van der Waals surface area contributed by atoms with Crippen LogP contribution in [0.1, 0.15) is 27.6 Å². The minimum absolute atomic E-state index is 0.0593. The van der Waals surface area contributed by atoms with Crippen molar-refractivity contribution in [2.24, 2.45) is 0 Å². The lowest BCUT2D eigenvalue weighted by atomic mass is 10.1. The summed E-state index contributed by atoms with van der Waals surface area (Å²) in [5, 5.41) is 8.47. The van der Waals surface area contributed by atoms with E-state index >= 15 is 0 Å². The molecule has 0 aliphatic carbocycles. The van der Waals surface area contributed by atoms with E-state index in [1.54, 1.807) is 60.7 Å². The van der Waals surface area contributed by atoms with E-state index in [-0.39, 0.29) is 11.0 Å². The topological polar surface area (TPSA) is 88.7 Å². The quantitative estimate of drug-likeness (QED) is 0.320. The summed E-state index contributed by atoms with van der Waals surface area (Å²) < 4.78 is 10.9. The average molecular weight is 464 g/mol. The Balaban J connectivity index is 1.65. The molecule has 0 fully saturated rings. The Labute approximate surface area is 198 Å². The summed E-state index contributed by atoms with van der Waals surface area (Å²) in [6.07, 6.45) is 0. The number of amides is 2. The zero-order valence-corrected chi connectivity index (χ0v) is 19.0. The van der Waals surface area contributed by atoms with Gasteiger partial charge < -0.3 is 20.1 Å². The monoisotopic (exact) mass is 463 g/mol. The van der Waals surface area contributed by atoms with E-state index in [2.05, 4.69) is 16.0 Å². The van der Waals surface area contributed by atoms with Crippen LogP contribution in [0.3, 0.4) is 0 Å². The van der Waals surface area contributed by atoms with Crippen molar-refractivity contribution in [3.63, 3.8) is 0 Å². The zero-order chi connectivity index (χ0) is 23.5. The van der Waals surface area contributed by atoms with Crippen LogP contribution in [0, 0.1) is 0 Å². The molecule has 33 heavy (non-hydrogen) atoms. The van der Waals surface area contributed by atoms with Gasteiger partial charge in [-0.3, -0.25) is 14.9 Å². The number of nitrogens with one attached hydrogen (secondary N) is 3. The van der Waals surface area contributed by atoms with Crippen molar-refractivity contribution >= 4 is 40.5 Å². The number of anilines is 2. The van der Waals surface area contributed by atoms with Gasteiger partial charge in [-0.15, -0.1) is 0 Å². The molecule has 0 bridgehead atoms. The average Bonchev–Trinajstić information content (AvgIpc) is 2.83. The van der Waals surface area contributed by atoms with Gasteiger partial charge in [0, 0.05) is 12.3 Å². The molecule has 0 heterocycles. The Bertz CT molecular complexity index is 1110. The van der Waals surface area contributed by atoms with Crippen molar-refractivity contribution in [1.82, 2.24) is 5.32 Å². The third kappa shape index (κ3) is 7.13. The number of carbonyl (C=O) groups is 2. The fraction of sp³-hybridized carbons (Fsp3) is 0.160. The highest BCUT2D eigenvalue weighted by Crippen LogP contribution is 2.19. The van der Waals surface area contributed by atoms with Gasteiger partial charge in [0.05, 0.1) is 23.4 Å². The first-order valence-electron chi connectivity index (χ1n) is 10.5. The van der Waals surface area contributed by atoms with Crippen molar-refractivity contribution in [1.29, 1.82) is 0 Å². The second-order valence-corrected chi connectivity index (χ2v) is 7.22. The van der Waals surface area contributed by atoms with Crippen LogP contribution in [0.15, 0.2) is 78.9 Å². The molecule has 0 aliphatic rings. The molecular formula is C25H25N3O4S. The van der Waals surface area contributed by atoms with E-state index in [9.17, 15) is 9.59 Å². The van der Waals surface area contributed by atoms with Crippen LogP contribution in [-0.4, -0.2) is 36.7 Å². The van der Waals surface area contributed by atoms with Gasteiger partial charge in [-0.05, 0) is 55.5 Å². The van der Waals surface area contributed by atoms with Crippen LogP contribution in [0.5, 0.6) is 5.75 Å². The normalized spacial score (nSPS) is 10.2. The standard InChI is InChI=1S/C25H25N3O4S/c1-2-31-16-17-32-22-15-9-7-13-20(22)24(30)28-25(33)27-21-14-8-6-12-19(21)23(29)26-18-10-4-3-5-11-18/h3-15H,2,16-17H2,1H3,(H,26,29)(H2,27,28,30,33). The molecule has 3 aromatic carbocycles. The highest BCUT2D eigenvalue weighted by atomic mass is 32.1. The lowest BCUT2D eigenvalue weighted by molar-refractivity contribution is 0.0958. The van der Waals surface area contributed by atoms with Crippen molar-refractivity contribution in [2.75, 3.05) is 30.5 Å². The van der Waals surface area contributed by atoms with E-state index in [1.165, 1.54) is 0 Å². The molecule has 0 saturated carbocycles. The smallest absolute Gasteiger partial charge is 0.261 e. The van der Waals surface area contributed by atoms with Gasteiger partial charge in [0.1, 0.15) is 12.4 Å². The minimum Gasteiger partial charge on any atom is -0.490 e. The Kier molecular flexibility index (Phi) is 8.93. The summed E-state index contributed by atoms with van der Waals surface area (Å²) in [5.74, 6) is -0.294. The number of carbonyl (C=O) groups excluding carboxylic acids is 2. The van der Waals surface area contributed by atoms with Crippen LogP contribution >= 0.6 is 12.2 Å². The second-order valence-electron chi connectivity index (χ2n) is 6.82. The van der Waals surface area contributed by atoms with Crippen molar-refractivity contribution < 1.29 is 19.1 Å². The van der Waals surface area contributed by atoms with Gasteiger partial charge in [-0.1, -0.05) is 42.5 Å². The van der Waals surface area contributed by atoms with Crippen molar-refractivity contribution in [2.45, 2.75) is 6.92 Å². The van der Waals surface area contributed by atoms with Gasteiger partial charge in [0.2, 0.25) is 0 Å². The van der Waals surface area contributed by atoms with E-state index in [0.717, 1.165) is 0 Å². The minimum atomic E-state index is -0.425. The van der Waals surface area contributed by atoms with Gasteiger partial charge >= 0.3 is 0 Å². The molecule has 170 valence electrons. The van der Waals surface area contributed by atoms with Gasteiger partial charge in [-0.25, -0.2) is 0 Å². The molecule has 2 amide bonds. The first-order chi connectivity index (χ1) is 16.1. The predicted octanol–water partition coefficient (Wildman–Crippen LogP) is 4.48.